The fourth-order valence-electron chi connectivity index (χ4n) is 1.92. The summed E-state index contributed by atoms with van der Waals surface area (Å²) in [5, 5.41) is 24.8. The fraction of sp³-hybridized carbons (Fsp3) is 0. The number of para-hydroxylation sites is 1. The van der Waals surface area contributed by atoms with Crippen LogP contribution in [0.5, 0.6) is 0 Å². The van der Waals surface area contributed by atoms with Crippen molar-refractivity contribution in [2.24, 2.45) is 5.10 Å². The maximum Gasteiger partial charge on any atom is 0.271 e. The third-order valence-corrected chi connectivity index (χ3v) is 4.42. The highest BCUT2D eigenvalue weighted by Gasteiger charge is 2.12. The van der Waals surface area contributed by atoms with Crippen molar-refractivity contribution in [3.8, 4) is 6.07 Å². The third-order valence-electron chi connectivity index (χ3n) is 3.05. The van der Waals surface area contributed by atoms with E-state index in [4.69, 9.17) is 11.6 Å². The zero-order valence-corrected chi connectivity index (χ0v) is 13.5. The summed E-state index contributed by atoms with van der Waals surface area (Å²) in [6.07, 6.45) is 0. The van der Waals surface area contributed by atoms with Gasteiger partial charge in [0, 0.05) is 12.1 Å². The van der Waals surface area contributed by atoms with Crippen molar-refractivity contribution in [1.29, 1.82) is 5.26 Å². The molecular formula is C15H8ClN5O2S. The zero-order chi connectivity index (χ0) is 17.1. The van der Waals surface area contributed by atoms with Gasteiger partial charge in [0.1, 0.15) is 6.07 Å². The molecule has 0 fully saturated rings. The Morgan fingerprint density at radius 1 is 1.38 bits per heavy atom. The van der Waals surface area contributed by atoms with Gasteiger partial charge in [0.25, 0.3) is 5.69 Å². The van der Waals surface area contributed by atoms with E-state index in [1.807, 2.05) is 30.3 Å². The molecule has 0 atom stereocenters. The average Bonchev–Trinajstić information content (AvgIpc) is 3.00. The van der Waals surface area contributed by atoms with Crippen LogP contribution in [0.2, 0.25) is 5.02 Å². The van der Waals surface area contributed by atoms with Crippen LogP contribution in [0.3, 0.4) is 0 Å². The lowest BCUT2D eigenvalue weighted by Gasteiger charge is -2.03. The van der Waals surface area contributed by atoms with Gasteiger partial charge in [-0.15, -0.1) is 11.3 Å². The van der Waals surface area contributed by atoms with E-state index < -0.39 is 4.92 Å². The fourth-order valence-corrected chi connectivity index (χ4v) is 2.99. The highest BCUT2D eigenvalue weighted by molar-refractivity contribution is 7.20. The van der Waals surface area contributed by atoms with Crippen molar-refractivity contribution in [2.45, 2.75) is 0 Å². The summed E-state index contributed by atoms with van der Waals surface area (Å²) in [4.78, 5) is 14.6. The average molecular weight is 358 g/mol. The number of hydrogen-bond acceptors (Lipinski definition) is 7. The van der Waals surface area contributed by atoms with E-state index in [1.54, 1.807) is 0 Å². The minimum absolute atomic E-state index is 0.0683. The molecule has 1 heterocycles. The molecule has 2 aromatic carbocycles. The molecule has 0 saturated carbocycles. The van der Waals surface area contributed by atoms with Crippen molar-refractivity contribution in [3.05, 3.63) is 62.6 Å². The molecule has 1 aromatic heterocycles. The van der Waals surface area contributed by atoms with Gasteiger partial charge in [-0.25, -0.2) is 4.98 Å². The van der Waals surface area contributed by atoms with Crippen molar-refractivity contribution in [2.75, 3.05) is 5.43 Å². The molecule has 118 valence electrons. The van der Waals surface area contributed by atoms with Crippen LogP contribution in [0, 0.1) is 21.4 Å². The topological polar surface area (TPSA) is 104 Å². The monoisotopic (exact) mass is 357 g/mol. The van der Waals surface area contributed by atoms with Crippen LogP contribution in [0.4, 0.5) is 11.4 Å². The largest absolute Gasteiger partial charge is 0.275 e. The predicted octanol–water partition coefficient (Wildman–Crippen LogP) is 4.20. The van der Waals surface area contributed by atoms with Gasteiger partial charge in [-0.05, 0) is 18.2 Å². The molecule has 0 amide bonds. The van der Waals surface area contributed by atoms with Crippen LogP contribution < -0.4 is 5.43 Å². The molecule has 0 aliphatic heterocycles. The molecule has 24 heavy (non-hydrogen) atoms. The molecule has 0 aliphatic carbocycles. The normalized spacial score (nSPS) is 11.2. The van der Waals surface area contributed by atoms with Crippen LogP contribution in [0.15, 0.2) is 47.6 Å². The summed E-state index contributed by atoms with van der Waals surface area (Å²) in [5.41, 5.74) is 3.54. The first-order valence-electron chi connectivity index (χ1n) is 6.62. The Hall–Kier alpha value is -3.02. The Kier molecular flexibility index (Phi) is 4.37. The van der Waals surface area contributed by atoms with Gasteiger partial charge in [-0.2, -0.15) is 10.4 Å². The SMILES string of the molecule is N#C/C(=N/Nc1cc([N+](=O)[O-])ccc1Cl)c1nc2ccccc2s1. The Labute approximate surface area is 145 Å². The van der Waals surface area contributed by atoms with E-state index in [2.05, 4.69) is 15.5 Å². The summed E-state index contributed by atoms with van der Waals surface area (Å²) in [6.45, 7) is 0. The maximum atomic E-state index is 10.8. The molecule has 0 bridgehead atoms. The number of anilines is 1. The molecule has 0 spiro atoms. The number of benzene rings is 2. The standard InChI is InChI=1S/C15H8ClN5O2S/c16-10-6-5-9(21(22)23)7-12(10)19-20-13(8-17)15-18-11-3-1-2-4-14(11)24-15/h1-7,19H/b20-13-. The van der Waals surface area contributed by atoms with Crippen molar-refractivity contribution >= 4 is 50.2 Å². The van der Waals surface area contributed by atoms with Crippen molar-refractivity contribution < 1.29 is 4.92 Å². The third kappa shape index (κ3) is 3.17. The molecule has 7 nitrogen and oxygen atoms in total. The van der Waals surface area contributed by atoms with Crippen LogP contribution >= 0.6 is 22.9 Å². The number of rotatable bonds is 4. The number of nitro groups is 1. The summed E-state index contributed by atoms with van der Waals surface area (Å²) >= 11 is 7.32. The highest BCUT2D eigenvalue weighted by atomic mass is 35.5. The number of nitro benzene ring substituents is 1. The Morgan fingerprint density at radius 2 is 2.17 bits per heavy atom. The summed E-state index contributed by atoms with van der Waals surface area (Å²) in [6, 6.07) is 13.4. The second kappa shape index (κ2) is 6.62. The first-order valence-corrected chi connectivity index (χ1v) is 7.81. The first-order chi connectivity index (χ1) is 11.6. The molecule has 9 heteroatoms. The van der Waals surface area contributed by atoms with Crippen LogP contribution in [-0.4, -0.2) is 15.6 Å². The summed E-state index contributed by atoms with van der Waals surface area (Å²) in [7, 11) is 0. The Balaban J connectivity index is 1.93. The van der Waals surface area contributed by atoms with Gasteiger partial charge in [0.15, 0.2) is 10.7 Å². The van der Waals surface area contributed by atoms with Gasteiger partial charge in [-0.3, -0.25) is 15.5 Å². The minimum atomic E-state index is -0.538. The molecule has 0 radical (unpaired) electrons. The zero-order valence-electron chi connectivity index (χ0n) is 11.9. The second-order valence-electron chi connectivity index (χ2n) is 4.59. The second-order valence-corrected chi connectivity index (χ2v) is 6.03. The summed E-state index contributed by atoms with van der Waals surface area (Å²) in [5.74, 6) is 0. The number of fused-ring (bicyclic) bond motifs is 1. The molecule has 0 saturated heterocycles. The van der Waals surface area contributed by atoms with E-state index in [1.165, 1.54) is 29.5 Å². The number of halogens is 1. The van der Waals surface area contributed by atoms with Gasteiger partial charge < -0.3 is 0 Å². The lowest BCUT2D eigenvalue weighted by molar-refractivity contribution is -0.384. The number of hydrogen-bond donors (Lipinski definition) is 1. The van der Waals surface area contributed by atoms with Crippen LogP contribution in [0.1, 0.15) is 5.01 Å². The Bertz CT molecular complexity index is 976. The van der Waals surface area contributed by atoms with Gasteiger partial charge in [0.05, 0.1) is 25.8 Å². The molecular weight excluding hydrogens is 350 g/mol. The van der Waals surface area contributed by atoms with E-state index >= 15 is 0 Å². The smallest absolute Gasteiger partial charge is 0.271 e. The van der Waals surface area contributed by atoms with Crippen molar-refractivity contribution in [3.63, 3.8) is 0 Å². The lowest BCUT2D eigenvalue weighted by Crippen LogP contribution is -2.02. The number of thiazole rings is 1. The van der Waals surface area contributed by atoms with Crippen LogP contribution in [0.25, 0.3) is 10.2 Å². The number of nitriles is 1. The number of aromatic nitrogens is 1. The molecule has 3 rings (SSSR count). The summed E-state index contributed by atoms with van der Waals surface area (Å²) < 4.78 is 0.934. The van der Waals surface area contributed by atoms with E-state index in [9.17, 15) is 15.4 Å². The molecule has 0 unspecified atom stereocenters. The van der Waals surface area contributed by atoms with E-state index in [-0.39, 0.29) is 22.1 Å². The van der Waals surface area contributed by atoms with Gasteiger partial charge >= 0.3 is 0 Å². The van der Waals surface area contributed by atoms with Crippen molar-refractivity contribution in [1.82, 2.24) is 4.98 Å². The Morgan fingerprint density at radius 3 is 2.88 bits per heavy atom. The van der Waals surface area contributed by atoms with Gasteiger partial charge in [0.2, 0.25) is 0 Å². The number of nitrogens with zero attached hydrogens (tertiary/aromatic N) is 4. The molecule has 3 aromatic rings. The maximum absolute atomic E-state index is 10.8. The highest BCUT2D eigenvalue weighted by Crippen LogP contribution is 2.27. The van der Waals surface area contributed by atoms with Crippen LogP contribution in [-0.2, 0) is 0 Å². The number of nitrogens with one attached hydrogen (secondary N) is 1. The number of hydrazone groups is 1. The quantitative estimate of drug-likeness (QED) is 0.428. The van der Waals surface area contributed by atoms with Gasteiger partial charge in [-0.1, -0.05) is 23.7 Å². The molecule has 1 N–H and O–H groups in total. The number of non-ortho nitro benzene ring substituents is 1. The van der Waals surface area contributed by atoms with E-state index in [0.717, 1.165) is 10.2 Å². The first kappa shape index (κ1) is 15.9. The van der Waals surface area contributed by atoms with E-state index in [0.29, 0.717) is 5.01 Å². The predicted molar refractivity (Wildman–Crippen MR) is 93.5 cm³/mol. The molecule has 0 aliphatic rings. The lowest BCUT2D eigenvalue weighted by atomic mass is 10.3. The minimum Gasteiger partial charge on any atom is -0.275 e.